The van der Waals surface area contributed by atoms with Crippen LogP contribution < -0.4 is 11.1 Å². The lowest BCUT2D eigenvalue weighted by atomic mass is 10.2. The zero-order valence-electron chi connectivity index (χ0n) is 12.9. The molecule has 0 fully saturated rings. The molecule has 1 atom stereocenters. The van der Waals surface area contributed by atoms with Gasteiger partial charge in [-0.2, -0.15) is 0 Å². The first-order chi connectivity index (χ1) is 11.9. The number of pyridine rings is 1. The fourth-order valence-corrected chi connectivity index (χ4v) is 3.07. The zero-order valence-corrected chi connectivity index (χ0v) is 15.2. The van der Waals surface area contributed by atoms with Gasteiger partial charge in [0.2, 0.25) is 5.91 Å². The first-order valence-corrected chi connectivity index (χ1v) is 8.53. The molecular weight excluding hydrogens is 385 g/mol. The van der Waals surface area contributed by atoms with Crippen LogP contribution in [0.4, 0.5) is 0 Å². The first kappa shape index (κ1) is 17.9. The SMILES string of the molecule is NC(CC(=O)NCc1cc(Cl)cc(Cl)c1)c1nc2ccc(Cl)nc2[nH]1. The minimum absolute atomic E-state index is 0.0713. The standard InChI is InChI=1S/C16H14Cl3N5O/c17-9-3-8(4-10(18)5-9)7-21-14(25)6-11(20)15-22-12-1-2-13(19)23-16(12)24-15/h1-5,11H,6-7,20H2,(H,21,25)(H,22,23,24). The fraction of sp³-hybridized carbons (Fsp3) is 0.188. The van der Waals surface area contributed by atoms with Crippen LogP contribution in [0, 0.1) is 0 Å². The maximum Gasteiger partial charge on any atom is 0.222 e. The Morgan fingerprint density at radius 1 is 1.16 bits per heavy atom. The van der Waals surface area contributed by atoms with Crippen LogP contribution in [-0.4, -0.2) is 20.9 Å². The van der Waals surface area contributed by atoms with Crippen LogP contribution in [0.25, 0.3) is 11.2 Å². The van der Waals surface area contributed by atoms with Gasteiger partial charge in [-0.3, -0.25) is 4.79 Å². The van der Waals surface area contributed by atoms with E-state index in [2.05, 4.69) is 20.3 Å². The van der Waals surface area contributed by atoms with Gasteiger partial charge < -0.3 is 16.0 Å². The molecule has 0 spiro atoms. The van der Waals surface area contributed by atoms with Gasteiger partial charge in [0.05, 0.1) is 6.04 Å². The Morgan fingerprint density at radius 3 is 2.60 bits per heavy atom. The van der Waals surface area contributed by atoms with Gasteiger partial charge in [0.1, 0.15) is 16.5 Å². The van der Waals surface area contributed by atoms with Crippen molar-refractivity contribution in [3.05, 3.63) is 56.9 Å². The third-order valence-electron chi connectivity index (χ3n) is 3.50. The second-order valence-corrected chi connectivity index (χ2v) is 6.75. The molecule has 9 heteroatoms. The average Bonchev–Trinajstić information content (AvgIpc) is 2.95. The van der Waals surface area contributed by atoms with Crippen molar-refractivity contribution in [3.8, 4) is 0 Å². The summed E-state index contributed by atoms with van der Waals surface area (Å²) in [5, 5.41) is 4.17. The highest BCUT2D eigenvalue weighted by molar-refractivity contribution is 6.34. The Balaban J connectivity index is 1.61. The third kappa shape index (κ3) is 4.61. The smallest absolute Gasteiger partial charge is 0.222 e. The van der Waals surface area contributed by atoms with Gasteiger partial charge in [0, 0.05) is 23.0 Å². The molecular formula is C16H14Cl3N5O. The predicted molar refractivity (Wildman–Crippen MR) is 98.8 cm³/mol. The van der Waals surface area contributed by atoms with E-state index in [1.165, 1.54) is 0 Å². The number of halogens is 3. The Labute approximate surface area is 158 Å². The van der Waals surface area contributed by atoms with E-state index >= 15 is 0 Å². The highest BCUT2D eigenvalue weighted by Gasteiger charge is 2.16. The molecule has 0 saturated carbocycles. The Bertz CT molecular complexity index is 907. The normalized spacial score (nSPS) is 12.3. The van der Waals surface area contributed by atoms with Crippen LogP contribution in [0.15, 0.2) is 30.3 Å². The van der Waals surface area contributed by atoms with Crippen molar-refractivity contribution in [2.24, 2.45) is 5.73 Å². The van der Waals surface area contributed by atoms with Gasteiger partial charge in [-0.15, -0.1) is 0 Å². The summed E-state index contributed by atoms with van der Waals surface area (Å²) in [5.74, 6) is 0.265. The molecule has 6 nitrogen and oxygen atoms in total. The molecule has 3 aromatic rings. The molecule has 25 heavy (non-hydrogen) atoms. The number of carbonyl (C=O) groups excluding carboxylic acids is 1. The summed E-state index contributed by atoms with van der Waals surface area (Å²) >= 11 is 17.7. The summed E-state index contributed by atoms with van der Waals surface area (Å²) in [5.41, 5.74) is 8.04. The molecule has 0 bridgehead atoms. The predicted octanol–water partition coefficient (Wildman–Crippen LogP) is 3.62. The Hall–Kier alpha value is -1.86. The van der Waals surface area contributed by atoms with E-state index in [0.29, 0.717) is 38.7 Å². The van der Waals surface area contributed by atoms with Crippen molar-refractivity contribution in [1.29, 1.82) is 0 Å². The molecule has 0 radical (unpaired) electrons. The summed E-state index contributed by atoms with van der Waals surface area (Å²) < 4.78 is 0. The summed E-state index contributed by atoms with van der Waals surface area (Å²) in [6.45, 7) is 0.309. The zero-order chi connectivity index (χ0) is 18.0. The van der Waals surface area contributed by atoms with E-state index in [1.807, 2.05) is 0 Å². The molecule has 2 heterocycles. The molecule has 130 valence electrons. The Morgan fingerprint density at radius 2 is 1.88 bits per heavy atom. The first-order valence-electron chi connectivity index (χ1n) is 7.40. The number of benzene rings is 1. The summed E-state index contributed by atoms with van der Waals surface area (Å²) in [6, 6.07) is 7.90. The van der Waals surface area contributed by atoms with Gasteiger partial charge in [0.15, 0.2) is 5.65 Å². The molecule has 4 N–H and O–H groups in total. The van der Waals surface area contributed by atoms with Gasteiger partial charge in [-0.1, -0.05) is 34.8 Å². The van der Waals surface area contributed by atoms with Crippen LogP contribution in [-0.2, 0) is 11.3 Å². The van der Waals surface area contributed by atoms with Crippen molar-refractivity contribution in [2.45, 2.75) is 19.0 Å². The van der Waals surface area contributed by atoms with E-state index in [9.17, 15) is 4.79 Å². The van der Waals surface area contributed by atoms with Crippen molar-refractivity contribution < 1.29 is 4.79 Å². The van der Waals surface area contributed by atoms with E-state index in [1.54, 1.807) is 30.3 Å². The number of carbonyl (C=O) groups is 1. The van der Waals surface area contributed by atoms with Crippen LogP contribution in [0.1, 0.15) is 23.9 Å². The monoisotopic (exact) mass is 397 g/mol. The molecule has 0 aliphatic heterocycles. The number of imidazole rings is 1. The number of amides is 1. The number of hydrogen-bond acceptors (Lipinski definition) is 4. The lowest BCUT2D eigenvalue weighted by Gasteiger charge is -2.10. The van der Waals surface area contributed by atoms with E-state index < -0.39 is 6.04 Å². The number of nitrogens with one attached hydrogen (secondary N) is 2. The van der Waals surface area contributed by atoms with Gasteiger partial charge in [0.25, 0.3) is 0 Å². The maximum atomic E-state index is 12.1. The van der Waals surface area contributed by atoms with E-state index in [0.717, 1.165) is 5.56 Å². The maximum absolute atomic E-state index is 12.1. The second kappa shape index (κ2) is 7.58. The van der Waals surface area contributed by atoms with Gasteiger partial charge >= 0.3 is 0 Å². The molecule has 2 aromatic heterocycles. The average molecular weight is 399 g/mol. The van der Waals surface area contributed by atoms with Crippen molar-refractivity contribution in [1.82, 2.24) is 20.3 Å². The molecule has 0 aliphatic rings. The topological polar surface area (TPSA) is 96.7 Å². The fourth-order valence-electron chi connectivity index (χ4n) is 2.35. The molecule has 1 unspecified atom stereocenters. The highest BCUT2D eigenvalue weighted by Crippen LogP contribution is 2.20. The van der Waals surface area contributed by atoms with Gasteiger partial charge in [-0.05, 0) is 35.9 Å². The molecule has 3 rings (SSSR count). The number of aromatic nitrogens is 3. The number of H-pyrrole nitrogens is 1. The second-order valence-electron chi connectivity index (χ2n) is 5.49. The lowest BCUT2D eigenvalue weighted by Crippen LogP contribution is -2.27. The van der Waals surface area contributed by atoms with Crippen molar-refractivity contribution in [2.75, 3.05) is 0 Å². The van der Waals surface area contributed by atoms with Crippen LogP contribution in [0.3, 0.4) is 0 Å². The number of fused-ring (bicyclic) bond motifs is 1. The lowest BCUT2D eigenvalue weighted by molar-refractivity contribution is -0.121. The van der Waals surface area contributed by atoms with Gasteiger partial charge in [-0.25, -0.2) is 9.97 Å². The highest BCUT2D eigenvalue weighted by atomic mass is 35.5. The molecule has 1 aromatic carbocycles. The van der Waals surface area contributed by atoms with Crippen molar-refractivity contribution in [3.63, 3.8) is 0 Å². The number of rotatable bonds is 5. The minimum Gasteiger partial charge on any atom is -0.352 e. The summed E-state index contributed by atoms with van der Waals surface area (Å²) in [4.78, 5) is 23.5. The van der Waals surface area contributed by atoms with E-state index in [-0.39, 0.29) is 12.3 Å². The molecule has 0 aliphatic carbocycles. The number of aromatic amines is 1. The quantitative estimate of drug-likeness (QED) is 0.572. The largest absolute Gasteiger partial charge is 0.352 e. The molecule has 1 amide bonds. The number of hydrogen-bond donors (Lipinski definition) is 3. The van der Waals surface area contributed by atoms with Crippen molar-refractivity contribution >= 4 is 51.9 Å². The Kier molecular flexibility index (Phi) is 5.44. The minimum atomic E-state index is -0.587. The van der Waals surface area contributed by atoms with E-state index in [4.69, 9.17) is 40.5 Å². The number of nitrogens with two attached hydrogens (primary N) is 1. The third-order valence-corrected chi connectivity index (χ3v) is 4.14. The van der Waals surface area contributed by atoms with Crippen LogP contribution >= 0.6 is 34.8 Å². The molecule has 0 saturated heterocycles. The number of nitrogens with zero attached hydrogens (tertiary/aromatic N) is 2. The summed E-state index contributed by atoms with van der Waals surface area (Å²) in [7, 11) is 0. The van der Waals surface area contributed by atoms with Crippen LogP contribution in [0.2, 0.25) is 15.2 Å². The van der Waals surface area contributed by atoms with Crippen LogP contribution in [0.5, 0.6) is 0 Å². The summed E-state index contributed by atoms with van der Waals surface area (Å²) in [6.07, 6.45) is 0.0713.